The molecule has 0 aromatic heterocycles. The second kappa shape index (κ2) is 36.8. The van der Waals surface area contributed by atoms with Crippen molar-refractivity contribution in [2.75, 3.05) is 47.8 Å². The number of rotatable bonds is 14. The van der Waals surface area contributed by atoms with Crippen molar-refractivity contribution in [1.29, 1.82) is 0 Å². The number of phenolic OH excluding ortho intramolecular Hbond substituents is 2. The van der Waals surface area contributed by atoms with Crippen molar-refractivity contribution >= 4 is 127 Å². The van der Waals surface area contributed by atoms with Gasteiger partial charge >= 0.3 is 23.9 Å². The fraction of sp³-hybridized carbons (Fsp3) is 0.150. The van der Waals surface area contributed by atoms with E-state index in [1.54, 1.807) is 74.5 Å². The molecule has 8 aliphatic rings. The van der Waals surface area contributed by atoms with Crippen molar-refractivity contribution in [1.82, 2.24) is 0 Å². The molecule has 0 fully saturated rings. The number of phenols is 2. The SMILES string of the molecule is CC(=O)CCc1ccc(N(C)c2cc3c(cc2Cl)C2(OC(=O)c4ccccc42)c2cc(Cl)c(C)cc2O3)cc1.CC(=O)CCc1ccc(N(C)c2cc3c(cc2Cl)C2(OC(=O)c4ccccc42)c2cc(Cl)c(O)cc2O3)cc1.Cc1ccc(N(C)c2ccc3c(c2)Oc2cc(C)ccc2C32OC(=O)c3ccccc32)cc1.Cc1ccc(N(C)c2ccc3c(c2)Oc2cc(O)ccc2C32OC(=O)c3ccccc32)cc1. The molecule has 16 aromatic rings. The smallest absolute Gasteiger partial charge is 0.340 e. The fourth-order valence-electron chi connectivity index (χ4n) is 20.4. The van der Waals surface area contributed by atoms with Crippen molar-refractivity contribution in [2.24, 2.45) is 0 Å². The molecule has 24 rings (SSSR count). The van der Waals surface area contributed by atoms with E-state index in [1.165, 1.54) is 17.2 Å². The van der Waals surface area contributed by atoms with Gasteiger partial charge in [0.15, 0.2) is 22.4 Å². The van der Waals surface area contributed by atoms with Gasteiger partial charge in [0.05, 0.1) is 48.7 Å². The first-order valence-electron chi connectivity index (χ1n) is 46.9. The monoisotopic (exact) mass is 1980 g/mol. The van der Waals surface area contributed by atoms with Gasteiger partial charge in [-0.3, -0.25) is 0 Å². The maximum atomic E-state index is 13.1. The Morgan fingerprint density at radius 3 is 0.944 bits per heavy atom. The topological polar surface area (TPSA) is 230 Å². The van der Waals surface area contributed by atoms with Crippen LogP contribution in [0.15, 0.2) is 315 Å². The van der Waals surface area contributed by atoms with E-state index >= 15 is 0 Å². The van der Waals surface area contributed by atoms with Crippen LogP contribution in [0.2, 0.25) is 20.1 Å². The lowest BCUT2D eigenvalue weighted by atomic mass is 9.77. The fourth-order valence-corrected chi connectivity index (χ4v) is 21.3. The number of esters is 4. The highest BCUT2D eigenvalue weighted by Crippen LogP contribution is 2.64. The second-order valence-electron chi connectivity index (χ2n) is 37.1. The van der Waals surface area contributed by atoms with Crippen LogP contribution < -0.4 is 38.5 Å². The van der Waals surface area contributed by atoms with E-state index in [1.807, 2.05) is 246 Å². The number of nitrogens with zero attached hydrogens (tertiary/aromatic N) is 4. The van der Waals surface area contributed by atoms with Gasteiger partial charge in [-0.05, 0) is 222 Å². The molecule has 8 aliphatic heterocycles. The average molecular weight is 1990 g/mol. The lowest BCUT2D eigenvalue weighted by Crippen LogP contribution is -2.33. The zero-order valence-electron chi connectivity index (χ0n) is 79.8. The van der Waals surface area contributed by atoms with E-state index in [0.717, 1.165) is 95.4 Å². The first kappa shape index (κ1) is 94.2. The number of ketones is 2. The molecule has 4 atom stereocenters. The molecule has 0 bridgehead atoms. The molecule has 4 unspecified atom stereocenters. The molecule has 20 nitrogen and oxygen atoms in total. The molecule has 0 amide bonds. The van der Waals surface area contributed by atoms with Crippen molar-refractivity contribution < 1.29 is 76.9 Å². The van der Waals surface area contributed by atoms with Crippen molar-refractivity contribution in [3.8, 4) is 57.5 Å². The summed E-state index contributed by atoms with van der Waals surface area (Å²) in [6.45, 7) is 11.3. The van der Waals surface area contributed by atoms with E-state index < -0.39 is 34.3 Å². The number of aromatic hydroxyl groups is 2. The summed E-state index contributed by atoms with van der Waals surface area (Å²) in [4.78, 5) is 82.8. The van der Waals surface area contributed by atoms with Gasteiger partial charge in [-0.2, -0.15) is 0 Å². The Hall–Kier alpha value is -16.1. The number of aryl methyl sites for hydroxylation is 6. The highest BCUT2D eigenvalue weighted by molar-refractivity contribution is 6.34. The van der Waals surface area contributed by atoms with Crippen LogP contribution in [0, 0.1) is 27.7 Å². The van der Waals surface area contributed by atoms with Crippen LogP contribution in [0.4, 0.5) is 45.5 Å². The van der Waals surface area contributed by atoms with Gasteiger partial charge in [0.1, 0.15) is 69.1 Å². The number of hydrogen-bond acceptors (Lipinski definition) is 20. The standard InChI is InChI=1S/C32H25Cl2NO4.C31H23Cl2NO5.C29H23NO3.C28H21NO4/c1-18-14-29-24(15-26(18)33)32(23-7-5-4-6-22(23)31(37)39-32)25-16-27(34)28(17-30(25)38-29)35(3)21-12-10-20(11-13-21)9-8-19(2)36;1-17(35)7-8-18-9-11-19(12-10-18)34(2)26-15-28-22(13-24(26)32)31(21-6-4-3-5-20(21)30(37)39-31)23-14-25(33)27(36)16-29(23)38-28;1-18-8-11-20(12-9-18)30(3)21-13-15-25-27(17-21)32-26-16-19(2)10-14-24(26)29(25)23-7-5-4-6-22(23)28(31)33-29;1-17-7-9-18(10-8-17)29(2)19-11-13-23-25(15-19)32-26-16-20(30)12-14-24(26)28(23)22-6-4-3-5-21(22)27(31)33-28/h4-7,10-17H,8-9H2,1-3H3;3-6,9-16,36H,7-8H2,1-2H3;4-17H,1-3H3;3-16,30H,1-2H3. The number of benzene rings is 16. The summed E-state index contributed by atoms with van der Waals surface area (Å²) in [7, 11) is 7.85. The predicted molar refractivity (Wildman–Crippen MR) is 557 cm³/mol. The molecule has 0 aliphatic carbocycles. The number of Topliss-reactive ketones (excluding diaryl/α,β-unsaturated/α-hetero) is 2. The minimum Gasteiger partial charge on any atom is -0.508 e. The van der Waals surface area contributed by atoms with Gasteiger partial charge in [0, 0.05) is 183 Å². The lowest BCUT2D eigenvalue weighted by molar-refractivity contribution is -0.117. The van der Waals surface area contributed by atoms with Crippen LogP contribution in [0.5, 0.6) is 57.5 Å². The van der Waals surface area contributed by atoms with Gasteiger partial charge in [-0.1, -0.05) is 191 Å². The summed E-state index contributed by atoms with van der Waals surface area (Å²) < 4.78 is 50.1. The molecular weight excluding hydrogens is 1900 g/mol. The van der Waals surface area contributed by atoms with Gasteiger partial charge in [0.2, 0.25) is 0 Å². The summed E-state index contributed by atoms with van der Waals surface area (Å²) in [5.74, 6) is 2.97. The van der Waals surface area contributed by atoms with Crippen molar-refractivity contribution in [3.05, 3.63) is 458 Å². The summed E-state index contributed by atoms with van der Waals surface area (Å²) in [5.41, 5.74) is 19.5. The normalized spacial score (nSPS) is 17.1. The first-order valence-corrected chi connectivity index (χ1v) is 48.4. The third kappa shape index (κ3) is 16.0. The van der Waals surface area contributed by atoms with Crippen molar-refractivity contribution in [3.63, 3.8) is 0 Å². The second-order valence-corrected chi connectivity index (χ2v) is 38.7. The Morgan fingerprint density at radius 2 is 0.562 bits per heavy atom. The number of hydrogen-bond donors (Lipinski definition) is 2. The number of carbonyl (C=O) groups excluding carboxylic acids is 6. The van der Waals surface area contributed by atoms with Gasteiger partial charge in [-0.15, -0.1) is 0 Å². The molecule has 4 spiro atoms. The third-order valence-corrected chi connectivity index (χ3v) is 29.3. The molecule has 0 saturated heterocycles. The lowest BCUT2D eigenvalue weighted by Gasteiger charge is -2.37. The molecular formula is C120H92Cl4N4O16. The number of ether oxygens (including phenoxy) is 8. The molecule has 0 saturated carbocycles. The Labute approximate surface area is 851 Å². The molecule has 2 N–H and O–H groups in total. The molecule has 144 heavy (non-hydrogen) atoms. The van der Waals surface area contributed by atoms with E-state index in [4.69, 9.17) is 84.3 Å². The first-order chi connectivity index (χ1) is 69.3. The number of halogens is 4. The van der Waals surface area contributed by atoms with Crippen LogP contribution in [0.3, 0.4) is 0 Å². The van der Waals surface area contributed by atoms with E-state index in [-0.39, 0.29) is 40.0 Å². The third-order valence-electron chi connectivity index (χ3n) is 28.0. The van der Waals surface area contributed by atoms with Crippen LogP contribution in [0.25, 0.3) is 0 Å². The Bertz CT molecular complexity index is 7590. The molecule has 24 heteroatoms. The quantitative estimate of drug-likeness (QED) is 0.0761. The minimum absolute atomic E-state index is 0.0814. The van der Waals surface area contributed by atoms with E-state index in [0.29, 0.717) is 148 Å². The zero-order valence-corrected chi connectivity index (χ0v) is 82.8. The molecule has 716 valence electrons. The van der Waals surface area contributed by atoms with Crippen LogP contribution in [0.1, 0.15) is 168 Å². The molecule has 8 heterocycles. The maximum Gasteiger partial charge on any atom is 0.340 e. The Morgan fingerprint density at radius 1 is 0.278 bits per heavy atom. The maximum absolute atomic E-state index is 13.1. The Balaban J connectivity index is 0.000000114. The zero-order chi connectivity index (χ0) is 100. The number of carbonyl (C=O) groups is 6. The summed E-state index contributed by atoms with van der Waals surface area (Å²) in [6, 6.07) is 99.1. The van der Waals surface area contributed by atoms with Gasteiger partial charge in [-0.25, -0.2) is 19.2 Å². The highest BCUT2D eigenvalue weighted by atomic mass is 35.5. The van der Waals surface area contributed by atoms with Gasteiger partial charge < -0.3 is 77.3 Å². The predicted octanol–water partition coefficient (Wildman–Crippen LogP) is 28.4. The summed E-state index contributed by atoms with van der Waals surface area (Å²) in [6.07, 6.45) is 2.41. The van der Waals surface area contributed by atoms with Gasteiger partial charge in [0.25, 0.3) is 0 Å². The van der Waals surface area contributed by atoms with E-state index in [2.05, 4.69) is 78.2 Å². The Kier molecular flexibility index (Phi) is 24.0. The summed E-state index contributed by atoms with van der Waals surface area (Å²) in [5, 5.41) is 22.0. The summed E-state index contributed by atoms with van der Waals surface area (Å²) >= 11 is 26.7. The minimum atomic E-state index is -1.35. The van der Waals surface area contributed by atoms with Crippen LogP contribution in [-0.2, 0) is 63.8 Å². The van der Waals surface area contributed by atoms with Crippen molar-refractivity contribution in [2.45, 2.75) is 89.6 Å². The van der Waals surface area contributed by atoms with E-state index in [9.17, 15) is 39.0 Å². The largest absolute Gasteiger partial charge is 0.508 e. The van der Waals surface area contributed by atoms with Crippen LogP contribution >= 0.6 is 46.4 Å². The highest BCUT2D eigenvalue weighted by Gasteiger charge is 2.59. The number of anilines is 8. The molecule has 16 aromatic carbocycles. The van der Waals surface area contributed by atoms with Crippen LogP contribution in [-0.4, -0.2) is 73.8 Å². The average Bonchev–Trinajstić information content (AvgIpc) is 1.49. The molecule has 0 radical (unpaired) electrons. The number of fused-ring (bicyclic) bond motifs is 24.